The van der Waals surface area contributed by atoms with Crippen LogP contribution in [0.15, 0.2) is 16.3 Å². The molecule has 1 heterocycles. The van der Waals surface area contributed by atoms with Crippen LogP contribution in [0.1, 0.15) is 24.1 Å². The molecule has 1 aliphatic rings. The summed E-state index contributed by atoms with van der Waals surface area (Å²) in [4.78, 5) is 0.869. The highest BCUT2D eigenvalue weighted by Gasteiger charge is 2.21. The topological polar surface area (TPSA) is 81.4 Å². The Hall–Kier alpha value is -0.470. The van der Waals surface area contributed by atoms with Gasteiger partial charge in [-0.15, -0.1) is 11.3 Å². The Bertz CT molecular complexity index is 495. The second kappa shape index (κ2) is 6.81. The van der Waals surface area contributed by atoms with E-state index in [2.05, 4.69) is 4.72 Å². The Morgan fingerprint density at radius 2 is 2.21 bits per heavy atom. The van der Waals surface area contributed by atoms with Crippen molar-refractivity contribution in [3.8, 4) is 0 Å². The van der Waals surface area contributed by atoms with Crippen LogP contribution < -0.4 is 10.5 Å². The van der Waals surface area contributed by atoms with Gasteiger partial charge >= 0.3 is 0 Å². The Kier molecular flexibility index (Phi) is 5.35. The summed E-state index contributed by atoms with van der Waals surface area (Å²) in [6, 6.07) is 3.34. The summed E-state index contributed by atoms with van der Waals surface area (Å²) in [5.41, 5.74) is 5.47. The minimum absolute atomic E-state index is 0.326. The van der Waals surface area contributed by atoms with Crippen LogP contribution >= 0.6 is 11.3 Å². The number of sulfonamides is 1. The van der Waals surface area contributed by atoms with Gasteiger partial charge in [0.25, 0.3) is 0 Å². The van der Waals surface area contributed by atoms with Crippen LogP contribution in [0.5, 0.6) is 0 Å². The molecule has 3 N–H and O–H groups in total. The third-order valence-electron chi connectivity index (χ3n) is 2.91. The fourth-order valence-corrected chi connectivity index (χ4v) is 3.95. The van der Waals surface area contributed by atoms with Gasteiger partial charge in [-0.1, -0.05) is 0 Å². The lowest BCUT2D eigenvalue weighted by Gasteiger charge is -2.05. The summed E-state index contributed by atoms with van der Waals surface area (Å²) >= 11 is 1.21. The van der Waals surface area contributed by atoms with Crippen molar-refractivity contribution in [3.63, 3.8) is 0 Å². The lowest BCUT2D eigenvalue weighted by molar-refractivity contribution is 0.123. The Labute approximate surface area is 118 Å². The van der Waals surface area contributed by atoms with Crippen LogP contribution in [0, 0.1) is 5.92 Å². The largest absolute Gasteiger partial charge is 0.381 e. The molecule has 108 valence electrons. The monoisotopic (exact) mass is 304 g/mol. The number of rotatable bonds is 9. The maximum atomic E-state index is 11.9. The zero-order chi connectivity index (χ0) is 13.7. The molecule has 1 aliphatic carbocycles. The minimum atomic E-state index is -3.38. The lowest BCUT2D eigenvalue weighted by atomic mass is 10.4. The van der Waals surface area contributed by atoms with Gasteiger partial charge in [0.05, 0.1) is 0 Å². The van der Waals surface area contributed by atoms with E-state index in [0.29, 0.717) is 30.3 Å². The van der Waals surface area contributed by atoms with Crippen LogP contribution in [0.3, 0.4) is 0 Å². The molecule has 0 aromatic carbocycles. The highest BCUT2D eigenvalue weighted by Crippen LogP contribution is 2.28. The molecular weight excluding hydrogens is 284 g/mol. The van der Waals surface area contributed by atoms with E-state index >= 15 is 0 Å². The Morgan fingerprint density at radius 1 is 1.42 bits per heavy atom. The third-order valence-corrected chi connectivity index (χ3v) is 5.97. The Morgan fingerprint density at radius 3 is 2.84 bits per heavy atom. The first-order valence-corrected chi connectivity index (χ1v) is 8.78. The van der Waals surface area contributed by atoms with Gasteiger partial charge in [0, 0.05) is 31.2 Å². The molecule has 1 aromatic heterocycles. The van der Waals surface area contributed by atoms with Crippen molar-refractivity contribution in [1.82, 2.24) is 4.72 Å². The zero-order valence-corrected chi connectivity index (χ0v) is 12.4. The normalized spacial score (nSPS) is 15.8. The average Bonchev–Trinajstić information content (AvgIpc) is 3.07. The van der Waals surface area contributed by atoms with Gasteiger partial charge in [0.1, 0.15) is 4.21 Å². The van der Waals surface area contributed by atoms with E-state index in [0.717, 1.165) is 17.4 Å². The average molecular weight is 304 g/mol. The standard InChI is InChI=1S/C12H20N2O3S2/c13-8-11-4-5-12(18-11)19(15,16)14-6-1-7-17-9-10-2-3-10/h4-5,10,14H,1-3,6-9,13H2. The predicted molar refractivity (Wildman–Crippen MR) is 75.6 cm³/mol. The van der Waals surface area contributed by atoms with Crippen LogP contribution in [-0.2, 0) is 21.3 Å². The van der Waals surface area contributed by atoms with Crippen molar-refractivity contribution in [2.75, 3.05) is 19.8 Å². The second-order valence-corrected chi connectivity index (χ2v) is 7.86. The molecule has 5 nitrogen and oxygen atoms in total. The summed E-state index contributed by atoms with van der Waals surface area (Å²) in [6.07, 6.45) is 3.24. The molecule has 1 saturated carbocycles. The molecule has 1 aromatic rings. The van der Waals surface area contributed by atoms with E-state index in [1.54, 1.807) is 12.1 Å². The summed E-state index contributed by atoms with van der Waals surface area (Å²) in [7, 11) is -3.38. The fraction of sp³-hybridized carbons (Fsp3) is 0.667. The molecule has 2 rings (SSSR count). The maximum Gasteiger partial charge on any atom is 0.250 e. The van der Waals surface area contributed by atoms with Gasteiger partial charge in [-0.25, -0.2) is 13.1 Å². The maximum absolute atomic E-state index is 11.9. The molecule has 0 aliphatic heterocycles. The highest BCUT2D eigenvalue weighted by atomic mass is 32.2. The molecule has 7 heteroatoms. The zero-order valence-electron chi connectivity index (χ0n) is 10.8. The number of nitrogens with two attached hydrogens (primary N) is 1. The molecule has 19 heavy (non-hydrogen) atoms. The smallest absolute Gasteiger partial charge is 0.250 e. The number of nitrogens with one attached hydrogen (secondary N) is 1. The summed E-state index contributed by atoms with van der Waals surface area (Å²) in [5.74, 6) is 0.748. The van der Waals surface area contributed by atoms with Crippen molar-refractivity contribution >= 4 is 21.4 Å². The van der Waals surface area contributed by atoms with Gasteiger partial charge in [-0.2, -0.15) is 0 Å². The second-order valence-electron chi connectivity index (χ2n) is 4.69. The summed E-state index contributed by atoms with van der Waals surface area (Å²) in [6.45, 7) is 2.20. The number of thiophene rings is 1. The van der Waals surface area contributed by atoms with Gasteiger partial charge in [-0.05, 0) is 37.3 Å². The molecular formula is C12H20N2O3S2. The predicted octanol–water partition coefficient (Wildman–Crippen LogP) is 1.30. The number of hydrogen-bond donors (Lipinski definition) is 2. The molecule has 0 atom stereocenters. The van der Waals surface area contributed by atoms with E-state index < -0.39 is 10.0 Å². The SMILES string of the molecule is NCc1ccc(S(=O)(=O)NCCCOCC2CC2)s1. The van der Waals surface area contributed by atoms with E-state index in [-0.39, 0.29) is 0 Å². The highest BCUT2D eigenvalue weighted by molar-refractivity contribution is 7.91. The lowest BCUT2D eigenvalue weighted by Crippen LogP contribution is -2.24. The molecule has 0 amide bonds. The number of hydrogen-bond acceptors (Lipinski definition) is 5. The Balaban J connectivity index is 1.67. The van der Waals surface area contributed by atoms with Crippen molar-refractivity contribution in [2.45, 2.75) is 30.0 Å². The number of ether oxygens (including phenoxy) is 1. The van der Waals surface area contributed by atoms with Crippen LogP contribution in [0.25, 0.3) is 0 Å². The minimum Gasteiger partial charge on any atom is -0.381 e. The van der Waals surface area contributed by atoms with Crippen LogP contribution in [0.2, 0.25) is 0 Å². The van der Waals surface area contributed by atoms with Crippen molar-refractivity contribution < 1.29 is 13.2 Å². The molecule has 0 spiro atoms. The fourth-order valence-electron chi connectivity index (χ4n) is 1.60. The molecule has 0 radical (unpaired) electrons. The quantitative estimate of drug-likeness (QED) is 0.674. The first-order chi connectivity index (χ1) is 9.12. The molecule has 0 unspecified atom stereocenters. The van der Waals surface area contributed by atoms with E-state index in [1.165, 1.54) is 24.2 Å². The van der Waals surface area contributed by atoms with Gasteiger partial charge < -0.3 is 10.5 Å². The van der Waals surface area contributed by atoms with Crippen LogP contribution in [-0.4, -0.2) is 28.2 Å². The van der Waals surface area contributed by atoms with Gasteiger partial charge in [-0.3, -0.25) is 0 Å². The first-order valence-electron chi connectivity index (χ1n) is 6.48. The van der Waals surface area contributed by atoms with Crippen molar-refractivity contribution in [3.05, 3.63) is 17.0 Å². The third kappa shape index (κ3) is 4.85. The first kappa shape index (κ1) is 14.9. The summed E-state index contributed by atoms with van der Waals surface area (Å²) in [5, 5.41) is 0. The molecule has 0 bridgehead atoms. The van der Waals surface area contributed by atoms with E-state index in [9.17, 15) is 8.42 Å². The van der Waals surface area contributed by atoms with Gasteiger partial charge in [0.15, 0.2) is 0 Å². The van der Waals surface area contributed by atoms with Gasteiger partial charge in [0.2, 0.25) is 10.0 Å². The van der Waals surface area contributed by atoms with E-state index in [1.807, 2.05) is 0 Å². The van der Waals surface area contributed by atoms with E-state index in [4.69, 9.17) is 10.5 Å². The van der Waals surface area contributed by atoms with Crippen molar-refractivity contribution in [1.29, 1.82) is 0 Å². The van der Waals surface area contributed by atoms with Crippen molar-refractivity contribution in [2.24, 2.45) is 11.7 Å². The molecule has 0 saturated heterocycles. The van der Waals surface area contributed by atoms with Crippen LogP contribution in [0.4, 0.5) is 0 Å². The summed E-state index contributed by atoms with van der Waals surface area (Å²) < 4.78 is 32.2. The molecule has 1 fully saturated rings.